The minimum atomic E-state index is -1.18. The molecule has 0 aliphatic heterocycles. The van der Waals surface area contributed by atoms with Crippen molar-refractivity contribution < 1.29 is 34.1 Å². The molecule has 1 aromatic heterocycles. The number of esters is 1. The zero-order chi connectivity index (χ0) is 41.9. The summed E-state index contributed by atoms with van der Waals surface area (Å²) >= 11 is 0. The van der Waals surface area contributed by atoms with E-state index in [2.05, 4.69) is 63.7 Å². The number of amides is 1. The van der Waals surface area contributed by atoms with Gasteiger partial charge in [0.05, 0.1) is 17.9 Å². The summed E-state index contributed by atoms with van der Waals surface area (Å²) in [5.41, 5.74) is 1.21. The maximum atomic E-state index is 14.3. The number of nitrogens with zero attached hydrogens (tertiary/aromatic N) is 2. The van der Waals surface area contributed by atoms with E-state index in [-0.39, 0.29) is 57.7 Å². The van der Waals surface area contributed by atoms with E-state index < -0.39 is 28.9 Å². The van der Waals surface area contributed by atoms with Gasteiger partial charge in [0.25, 0.3) is 0 Å². The highest BCUT2D eigenvalue weighted by Gasteiger charge is 2.71. The predicted octanol–water partition coefficient (Wildman–Crippen LogP) is 7.77. The number of fused-ring (bicyclic) bond motifs is 7. The van der Waals surface area contributed by atoms with Crippen LogP contribution in [0.5, 0.6) is 0 Å². The number of carboxylic acid groups (broad SMARTS) is 1. The van der Waals surface area contributed by atoms with E-state index in [0.29, 0.717) is 44.4 Å². The highest BCUT2D eigenvalue weighted by Crippen LogP contribution is 2.77. The molecule has 0 bridgehead atoms. The van der Waals surface area contributed by atoms with Crippen LogP contribution in [0, 0.1) is 56.2 Å². The Labute approximate surface area is 341 Å². The van der Waals surface area contributed by atoms with Crippen molar-refractivity contribution in [3.8, 4) is 0 Å². The zero-order valence-electron chi connectivity index (χ0n) is 36.5. The number of nitrogens with one attached hydrogen (secondary N) is 1. The fourth-order valence-corrected chi connectivity index (χ4v) is 13.7. The summed E-state index contributed by atoms with van der Waals surface area (Å²) in [4.78, 5) is 57.4. The smallest absolute Gasteiger partial charge is 0.309 e. The monoisotopic (exact) mass is 790 g/mol. The fourth-order valence-electron chi connectivity index (χ4n) is 13.7. The van der Waals surface area contributed by atoms with E-state index in [0.717, 1.165) is 62.5 Å². The molecule has 1 aromatic rings. The molecule has 10 nitrogen and oxygen atoms in total. The largest absolute Gasteiger partial charge is 0.481 e. The molecule has 0 unspecified atom stereocenters. The first-order chi connectivity index (χ1) is 26.5. The number of allylic oxidation sites excluding steroid dienone is 1. The van der Waals surface area contributed by atoms with Crippen LogP contribution >= 0.6 is 0 Å². The Bertz CT molecular complexity index is 1760. The zero-order valence-corrected chi connectivity index (χ0v) is 36.5. The van der Waals surface area contributed by atoms with Crippen LogP contribution in [0.25, 0.3) is 0 Å². The number of Topliss-reactive ketones (excluding diaryl/α,β-unsaturated/α-hetero) is 1. The van der Waals surface area contributed by atoms with Crippen LogP contribution < -0.4 is 5.32 Å². The van der Waals surface area contributed by atoms with Crippen LogP contribution in [0.2, 0.25) is 0 Å². The van der Waals surface area contributed by atoms with Crippen LogP contribution in [0.1, 0.15) is 139 Å². The Kier molecular flexibility index (Phi) is 11.8. The molecule has 1 amide bonds. The lowest BCUT2D eigenvalue weighted by molar-refractivity contribution is -0.235. The third-order valence-corrected chi connectivity index (χ3v) is 16.9. The van der Waals surface area contributed by atoms with E-state index in [9.17, 15) is 29.4 Å². The van der Waals surface area contributed by atoms with Crippen molar-refractivity contribution in [2.45, 2.75) is 152 Å². The van der Waals surface area contributed by atoms with Crippen LogP contribution in [0.4, 0.5) is 0 Å². The van der Waals surface area contributed by atoms with Crippen LogP contribution in [0.3, 0.4) is 0 Å². The lowest BCUT2D eigenvalue weighted by Gasteiger charge is -2.72. The second-order valence-electron chi connectivity index (χ2n) is 21.1. The number of ether oxygens (including phenoxy) is 1. The highest BCUT2D eigenvalue weighted by atomic mass is 16.5. The third kappa shape index (κ3) is 7.42. The minimum absolute atomic E-state index is 0.00977. The molecule has 0 saturated heterocycles. The first-order valence-corrected chi connectivity index (χ1v) is 21.8. The van der Waals surface area contributed by atoms with Crippen molar-refractivity contribution in [1.29, 1.82) is 0 Å². The highest BCUT2D eigenvalue weighted by molar-refractivity contribution is 6.00. The number of aliphatic hydroxyl groups excluding tert-OH is 1. The van der Waals surface area contributed by atoms with Crippen molar-refractivity contribution in [2.75, 3.05) is 19.6 Å². The van der Waals surface area contributed by atoms with Crippen molar-refractivity contribution in [3.05, 3.63) is 41.2 Å². The molecule has 10 heteroatoms. The normalized spacial score (nSPS) is 35.2. The van der Waals surface area contributed by atoms with Crippen LogP contribution in [0.15, 0.2) is 35.7 Å². The quantitative estimate of drug-likeness (QED) is 0.171. The van der Waals surface area contributed by atoms with E-state index >= 15 is 0 Å². The number of pyridine rings is 1. The molecule has 0 radical (unpaired) electrons. The molecule has 6 rings (SSSR count). The standard InChI is InChI=1S/C47H71N3O7/c1-29(2)39-33(52)25-47(36(53)28-50(24-23-49-30(3)51)27-31-15-21-48-22-16-31)20-19-45(9)32(40(39)47)11-12-35-44(8)17-14-37(57-38(54)26-42(4,5)41(55)56)43(6,7)34(44)13-18-46(35,45)10/h15-16,21-22,29,32,34-37,53H,11-14,17-20,23-28H2,1-10H3,(H,49,51)(H,55,56)/t32-,34+,35-,36+,37+,44+,45-,46-,47+/m1/s1. The second kappa shape index (κ2) is 15.5. The summed E-state index contributed by atoms with van der Waals surface area (Å²) in [6.07, 6.45) is 10.3. The number of ketones is 1. The molecule has 0 aromatic carbocycles. The van der Waals surface area contributed by atoms with E-state index in [1.54, 1.807) is 26.2 Å². The molecule has 4 saturated carbocycles. The van der Waals surface area contributed by atoms with Gasteiger partial charge in [-0.1, -0.05) is 54.0 Å². The van der Waals surface area contributed by atoms with E-state index in [4.69, 9.17) is 4.74 Å². The average molecular weight is 790 g/mol. The Balaban J connectivity index is 1.28. The number of carbonyl (C=O) groups is 4. The maximum Gasteiger partial charge on any atom is 0.309 e. The van der Waals surface area contributed by atoms with Crippen LogP contribution in [-0.2, 0) is 30.5 Å². The van der Waals surface area contributed by atoms with Gasteiger partial charge in [-0.2, -0.15) is 0 Å². The summed E-state index contributed by atoms with van der Waals surface area (Å²) in [7, 11) is 0. The molecule has 0 spiro atoms. The summed E-state index contributed by atoms with van der Waals surface area (Å²) in [6, 6.07) is 3.97. The second-order valence-corrected chi connectivity index (χ2v) is 21.1. The Morgan fingerprint density at radius 3 is 2.28 bits per heavy atom. The van der Waals surface area contributed by atoms with Gasteiger partial charge in [0.1, 0.15) is 6.10 Å². The van der Waals surface area contributed by atoms with Crippen molar-refractivity contribution >= 4 is 23.6 Å². The first-order valence-electron chi connectivity index (χ1n) is 21.8. The predicted molar refractivity (Wildman–Crippen MR) is 220 cm³/mol. The lowest BCUT2D eigenvalue weighted by Crippen LogP contribution is -2.66. The number of aromatic nitrogens is 1. The fraction of sp³-hybridized carbons (Fsp3) is 0.766. The topological polar surface area (TPSA) is 146 Å². The maximum absolute atomic E-state index is 14.3. The number of rotatable bonds is 13. The minimum Gasteiger partial charge on any atom is -0.481 e. The number of aliphatic carboxylic acids is 1. The van der Waals surface area contributed by atoms with Gasteiger partial charge in [-0.3, -0.25) is 29.1 Å². The third-order valence-electron chi connectivity index (χ3n) is 16.9. The molecule has 3 N–H and O–H groups in total. The van der Waals surface area contributed by atoms with Crippen molar-refractivity contribution in [3.63, 3.8) is 0 Å². The van der Waals surface area contributed by atoms with Gasteiger partial charge in [-0.25, -0.2) is 0 Å². The van der Waals surface area contributed by atoms with E-state index in [1.807, 2.05) is 12.1 Å². The number of hydrogen-bond donors (Lipinski definition) is 3. The first kappa shape index (κ1) is 43.5. The van der Waals surface area contributed by atoms with Gasteiger partial charge in [0, 0.05) is 62.7 Å². The van der Waals surface area contributed by atoms with Gasteiger partial charge in [0.15, 0.2) is 5.78 Å². The summed E-state index contributed by atoms with van der Waals surface area (Å²) in [5, 5.41) is 25.2. The number of carbonyl (C=O) groups excluding carboxylic acids is 3. The number of hydrogen-bond acceptors (Lipinski definition) is 8. The van der Waals surface area contributed by atoms with Crippen LogP contribution in [-0.4, -0.2) is 75.6 Å². The molecular weight excluding hydrogens is 719 g/mol. The summed E-state index contributed by atoms with van der Waals surface area (Å²) in [6.45, 7) is 23.1. The Morgan fingerprint density at radius 1 is 0.965 bits per heavy atom. The summed E-state index contributed by atoms with van der Waals surface area (Å²) < 4.78 is 6.18. The number of aliphatic hydroxyl groups is 1. The van der Waals surface area contributed by atoms with Gasteiger partial charge in [-0.15, -0.1) is 0 Å². The van der Waals surface area contributed by atoms with Crippen molar-refractivity contribution in [2.24, 2.45) is 56.2 Å². The van der Waals surface area contributed by atoms with Gasteiger partial charge in [0.2, 0.25) is 5.91 Å². The molecule has 1 heterocycles. The molecule has 9 atom stereocenters. The van der Waals surface area contributed by atoms with Crippen molar-refractivity contribution in [1.82, 2.24) is 15.2 Å². The van der Waals surface area contributed by atoms with E-state index in [1.165, 1.54) is 12.5 Å². The number of carboxylic acids is 1. The Hall–Kier alpha value is -3.11. The molecule has 5 aliphatic rings. The molecular formula is C47H71N3O7. The molecule has 4 fully saturated rings. The average Bonchev–Trinajstić information content (AvgIpc) is 3.43. The molecule has 57 heavy (non-hydrogen) atoms. The molecule has 316 valence electrons. The van der Waals surface area contributed by atoms with Gasteiger partial charge in [-0.05, 0) is 128 Å². The Morgan fingerprint density at radius 2 is 1.65 bits per heavy atom. The van der Waals surface area contributed by atoms with Gasteiger partial charge >= 0.3 is 11.9 Å². The molecule has 5 aliphatic carbocycles. The SMILES string of the molecule is CC(=O)NCCN(Cc1ccncc1)C[C@H](O)[C@@]12CC[C@]3(C)[C@H](CC[C@@H]4[C@@]5(C)CC[C@H](OC(=O)CC(C)(C)C(=O)O)C(C)(C)[C@@H]5CC[C@]43C)C1=C(C(C)C)C(=O)C2. The summed E-state index contributed by atoms with van der Waals surface area (Å²) in [5.74, 6) is -0.256. The lowest BCUT2D eigenvalue weighted by atomic mass is 9.33. The van der Waals surface area contributed by atoms with Gasteiger partial charge < -0.3 is 20.3 Å².